The highest BCUT2D eigenvalue weighted by atomic mass is 16.5. The molecule has 1 aliphatic rings. The summed E-state index contributed by atoms with van der Waals surface area (Å²) in [5, 5.41) is 14.3. The zero-order chi connectivity index (χ0) is 18.0. The standard InChI is InChI=1S/C16H20N6O3/c1-4-21-9-11(7-15(21)23)16(24)17-12-5-6-14(25-3)13(8-12)22-10(2)18-19-20-22/h5-6,8,11H,4,7,9H2,1-3H3,(H,17,24)/t11-/m1/s1. The molecule has 0 spiro atoms. The van der Waals surface area contributed by atoms with Crippen molar-refractivity contribution in [2.75, 3.05) is 25.5 Å². The molecule has 1 aliphatic heterocycles. The van der Waals surface area contributed by atoms with Crippen LogP contribution in [0.3, 0.4) is 0 Å². The Labute approximate surface area is 144 Å². The summed E-state index contributed by atoms with van der Waals surface area (Å²) in [6.45, 7) is 4.75. The van der Waals surface area contributed by atoms with Crippen molar-refractivity contribution < 1.29 is 14.3 Å². The van der Waals surface area contributed by atoms with Crippen LogP contribution in [0.1, 0.15) is 19.2 Å². The summed E-state index contributed by atoms with van der Waals surface area (Å²) in [5.41, 5.74) is 1.22. The van der Waals surface area contributed by atoms with Gasteiger partial charge in [-0.2, -0.15) is 4.68 Å². The Morgan fingerprint density at radius 3 is 2.84 bits per heavy atom. The summed E-state index contributed by atoms with van der Waals surface area (Å²) in [6, 6.07) is 5.23. The lowest BCUT2D eigenvalue weighted by Gasteiger charge is -2.15. The first-order chi connectivity index (χ1) is 12.0. The van der Waals surface area contributed by atoms with Crippen molar-refractivity contribution in [3.8, 4) is 11.4 Å². The smallest absolute Gasteiger partial charge is 0.229 e. The first kappa shape index (κ1) is 16.9. The Hall–Kier alpha value is -2.97. The molecule has 2 amide bonds. The van der Waals surface area contributed by atoms with Crippen LogP contribution in [-0.4, -0.2) is 57.1 Å². The minimum absolute atomic E-state index is 0.0161. The van der Waals surface area contributed by atoms with Crippen molar-refractivity contribution >= 4 is 17.5 Å². The number of carbonyl (C=O) groups is 2. The fourth-order valence-corrected chi connectivity index (χ4v) is 2.89. The van der Waals surface area contributed by atoms with Gasteiger partial charge in [0.15, 0.2) is 5.82 Å². The molecular weight excluding hydrogens is 324 g/mol. The van der Waals surface area contributed by atoms with Gasteiger partial charge in [-0.1, -0.05) is 0 Å². The first-order valence-electron chi connectivity index (χ1n) is 8.05. The molecule has 0 bridgehead atoms. The Morgan fingerprint density at radius 1 is 1.44 bits per heavy atom. The summed E-state index contributed by atoms with van der Waals surface area (Å²) in [4.78, 5) is 26.0. The summed E-state index contributed by atoms with van der Waals surface area (Å²) in [7, 11) is 1.56. The van der Waals surface area contributed by atoms with E-state index in [1.807, 2.05) is 6.92 Å². The minimum Gasteiger partial charge on any atom is -0.494 e. The van der Waals surface area contributed by atoms with Gasteiger partial charge in [0.1, 0.15) is 11.4 Å². The van der Waals surface area contributed by atoms with Crippen molar-refractivity contribution in [2.45, 2.75) is 20.3 Å². The van der Waals surface area contributed by atoms with E-state index in [1.165, 1.54) is 4.68 Å². The van der Waals surface area contributed by atoms with Gasteiger partial charge in [0.25, 0.3) is 0 Å². The number of nitrogens with zero attached hydrogens (tertiary/aromatic N) is 5. The third-order valence-electron chi connectivity index (χ3n) is 4.27. The van der Waals surface area contributed by atoms with Crippen LogP contribution in [0.25, 0.3) is 5.69 Å². The van der Waals surface area contributed by atoms with E-state index in [2.05, 4.69) is 20.8 Å². The molecule has 1 aromatic carbocycles. The monoisotopic (exact) mass is 344 g/mol. The van der Waals surface area contributed by atoms with Crippen LogP contribution in [0.2, 0.25) is 0 Å². The number of likely N-dealkylation sites (tertiary alicyclic amines) is 1. The number of benzene rings is 1. The highest BCUT2D eigenvalue weighted by molar-refractivity contribution is 5.97. The van der Waals surface area contributed by atoms with E-state index in [9.17, 15) is 9.59 Å². The molecule has 132 valence electrons. The molecule has 1 saturated heterocycles. The van der Waals surface area contributed by atoms with E-state index in [4.69, 9.17) is 4.74 Å². The highest BCUT2D eigenvalue weighted by Crippen LogP contribution is 2.27. The van der Waals surface area contributed by atoms with Crippen LogP contribution in [0.5, 0.6) is 5.75 Å². The number of hydrogen-bond donors (Lipinski definition) is 1. The number of methoxy groups -OCH3 is 1. The average molecular weight is 344 g/mol. The topological polar surface area (TPSA) is 102 Å². The van der Waals surface area contributed by atoms with E-state index in [0.29, 0.717) is 36.0 Å². The second-order valence-electron chi connectivity index (χ2n) is 5.85. The van der Waals surface area contributed by atoms with Gasteiger partial charge in [-0.05, 0) is 42.5 Å². The zero-order valence-corrected chi connectivity index (χ0v) is 14.4. The van der Waals surface area contributed by atoms with Crippen LogP contribution >= 0.6 is 0 Å². The third kappa shape index (κ3) is 3.30. The SMILES string of the molecule is CCN1C[C@H](C(=O)Nc2ccc(OC)c(-n3nnnc3C)c2)CC1=O. The molecule has 0 aliphatic carbocycles. The summed E-state index contributed by atoms with van der Waals surface area (Å²) >= 11 is 0. The number of carbonyl (C=O) groups excluding carboxylic acids is 2. The largest absolute Gasteiger partial charge is 0.494 e. The number of aromatic nitrogens is 4. The van der Waals surface area contributed by atoms with Crippen LogP contribution in [0.15, 0.2) is 18.2 Å². The number of aryl methyl sites for hydroxylation is 1. The molecule has 1 aromatic heterocycles. The maximum absolute atomic E-state index is 12.5. The number of rotatable bonds is 5. The normalized spacial score (nSPS) is 17.0. The second kappa shape index (κ2) is 6.88. The van der Waals surface area contributed by atoms with Crippen molar-refractivity contribution in [3.05, 3.63) is 24.0 Å². The predicted octanol–water partition coefficient (Wildman–Crippen LogP) is 0.786. The number of amides is 2. The Balaban J connectivity index is 1.81. The van der Waals surface area contributed by atoms with Crippen LogP contribution in [-0.2, 0) is 9.59 Å². The Kier molecular flexibility index (Phi) is 4.64. The van der Waals surface area contributed by atoms with Crippen LogP contribution in [0, 0.1) is 12.8 Å². The average Bonchev–Trinajstić information content (AvgIpc) is 3.20. The molecule has 2 heterocycles. The van der Waals surface area contributed by atoms with Gasteiger partial charge in [-0.15, -0.1) is 5.10 Å². The molecule has 9 nitrogen and oxygen atoms in total. The number of ether oxygens (including phenoxy) is 1. The summed E-state index contributed by atoms with van der Waals surface area (Å²) in [5.74, 6) is 0.687. The van der Waals surface area contributed by atoms with Crippen molar-refractivity contribution in [2.24, 2.45) is 5.92 Å². The zero-order valence-electron chi connectivity index (χ0n) is 14.4. The van der Waals surface area contributed by atoms with E-state index >= 15 is 0 Å². The molecule has 2 aromatic rings. The van der Waals surface area contributed by atoms with Crippen molar-refractivity contribution in [1.29, 1.82) is 0 Å². The lowest BCUT2D eigenvalue weighted by atomic mass is 10.1. The Bertz CT molecular complexity index is 803. The summed E-state index contributed by atoms with van der Waals surface area (Å²) < 4.78 is 6.88. The van der Waals surface area contributed by atoms with Gasteiger partial charge in [0.2, 0.25) is 11.8 Å². The number of anilines is 1. The second-order valence-corrected chi connectivity index (χ2v) is 5.85. The quantitative estimate of drug-likeness (QED) is 0.860. The van der Waals surface area contributed by atoms with Gasteiger partial charge < -0.3 is 15.0 Å². The molecule has 0 unspecified atom stereocenters. The summed E-state index contributed by atoms with van der Waals surface area (Å²) in [6.07, 6.45) is 0.245. The Morgan fingerprint density at radius 2 is 2.24 bits per heavy atom. The molecule has 0 radical (unpaired) electrons. The van der Waals surface area contributed by atoms with Gasteiger partial charge in [-0.3, -0.25) is 9.59 Å². The van der Waals surface area contributed by atoms with Gasteiger partial charge in [-0.25, -0.2) is 0 Å². The van der Waals surface area contributed by atoms with Crippen molar-refractivity contribution in [1.82, 2.24) is 25.1 Å². The maximum atomic E-state index is 12.5. The highest BCUT2D eigenvalue weighted by Gasteiger charge is 2.33. The number of nitrogens with one attached hydrogen (secondary N) is 1. The molecule has 3 rings (SSSR count). The van der Waals surface area contributed by atoms with E-state index in [1.54, 1.807) is 37.1 Å². The fraction of sp³-hybridized carbons (Fsp3) is 0.438. The minimum atomic E-state index is -0.340. The van der Waals surface area contributed by atoms with E-state index in [0.717, 1.165) is 0 Å². The number of hydrogen-bond acceptors (Lipinski definition) is 6. The number of tetrazole rings is 1. The third-order valence-corrected chi connectivity index (χ3v) is 4.27. The molecule has 1 atom stereocenters. The molecule has 1 fully saturated rings. The lowest BCUT2D eigenvalue weighted by Crippen LogP contribution is -2.28. The molecule has 9 heteroatoms. The van der Waals surface area contributed by atoms with Crippen LogP contribution in [0.4, 0.5) is 5.69 Å². The van der Waals surface area contributed by atoms with E-state index < -0.39 is 0 Å². The molecule has 0 saturated carbocycles. The van der Waals surface area contributed by atoms with Gasteiger partial charge in [0, 0.05) is 25.2 Å². The first-order valence-corrected chi connectivity index (χ1v) is 8.05. The molecule has 1 N–H and O–H groups in total. The maximum Gasteiger partial charge on any atom is 0.229 e. The van der Waals surface area contributed by atoms with Gasteiger partial charge in [0.05, 0.1) is 13.0 Å². The van der Waals surface area contributed by atoms with Crippen LogP contribution < -0.4 is 10.1 Å². The lowest BCUT2D eigenvalue weighted by molar-refractivity contribution is -0.128. The predicted molar refractivity (Wildman–Crippen MR) is 89.4 cm³/mol. The van der Waals surface area contributed by atoms with Crippen molar-refractivity contribution in [3.63, 3.8) is 0 Å². The molecule has 25 heavy (non-hydrogen) atoms. The van der Waals surface area contributed by atoms with E-state index in [-0.39, 0.29) is 24.2 Å². The molecular formula is C16H20N6O3. The van der Waals surface area contributed by atoms with Gasteiger partial charge >= 0.3 is 0 Å². The fourth-order valence-electron chi connectivity index (χ4n) is 2.89.